The summed E-state index contributed by atoms with van der Waals surface area (Å²) in [5.41, 5.74) is -0.670. The molecule has 1 aliphatic rings. The molecule has 0 bridgehead atoms. The fourth-order valence-corrected chi connectivity index (χ4v) is 2.93. The highest BCUT2D eigenvalue weighted by molar-refractivity contribution is 5.93. The van der Waals surface area contributed by atoms with Gasteiger partial charge in [0.15, 0.2) is 0 Å². The van der Waals surface area contributed by atoms with Crippen LogP contribution in [-0.4, -0.2) is 41.6 Å². The first-order valence-electron chi connectivity index (χ1n) is 8.09. The van der Waals surface area contributed by atoms with Crippen LogP contribution in [0.25, 0.3) is 0 Å². The molecule has 0 aliphatic carbocycles. The minimum absolute atomic E-state index is 0.0345. The number of amides is 1. The molecule has 1 saturated heterocycles. The number of ether oxygens (including phenoxy) is 1. The summed E-state index contributed by atoms with van der Waals surface area (Å²) in [6.45, 7) is 0.801. The van der Waals surface area contributed by atoms with Crippen LogP contribution in [0.15, 0.2) is 47.4 Å². The first-order chi connectivity index (χ1) is 12.3. The number of alkyl halides is 3. The topological polar surface area (TPSA) is 62.4 Å². The van der Waals surface area contributed by atoms with Crippen LogP contribution in [0.3, 0.4) is 0 Å². The lowest BCUT2D eigenvalue weighted by atomic mass is 10.0. The van der Waals surface area contributed by atoms with Gasteiger partial charge in [-0.2, -0.15) is 13.2 Å². The number of H-pyrrole nitrogens is 1. The fourth-order valence-electron chi connectivity index (χ4n) is 2.93. The van der Waals surface area contributed by atoms with Gasteiger partial charge in [-0.15, -0.1) is 0 Å². The lowest BCUT2D eigenvalue weighted by molar-refractivity contribution is -0.137. The molecular weight excluding hydrogens is 349 g/mol. The molecule has 1 aromatic heterocycles. The monoisotopic (exact) mass is 366 g/mol. The van der Waals surface area contributed by atoms with E-state index in [9.17, 15) is 22.8 Å². The first-order valence-corrected chi connectivity index (χ1v) is 8.09. The maximum atomic E-state index is 12.8. The second-order valence-electron chi connectivity index (χ2n) is 6.06. The van der Waals surface area contributed by atoms with E-state index >= 15 is 0 Å². The Morgan fingerprint density at radius 3 is 2.81 bits per heavy atom. The van der Waals surface area contributed by atoms with Gasteiger partial charge in [0.25, 0.3) is 11.5 Å². The van der Waals surface area contributed by atoms with E-state index in [0.29, 0.717) is 12.1 Å². The molecule has 3 rings (SSSR count). The zero-order valence-corrected chi connectivity index (χ0v) is 13.8. The number of hydrogen-bond acceptors (Lipinski definition) is 3. The van der Waals surface area contributed by atoms with E-state index in [2.05, 4.69) is 4.98 Å². The summed E-state index contributed by atoms with van der Waals surface area (Å²) in [5.74, 6) is -0.413. The van der Waals surface area contributed by atoms with Crippen LogP contribution in [0.5, 0.6) is 0 Å². The Morgan fingerprint density at radius 1 is 1.27 bits per heavy atom. The molecule has 138 valence electrons. The van der Waals surface area contributed by atoms with E-state index in [1.807, 2.05) is 0 Å². The summed E-state index contributed by atoms with van der Waals surface area (Å²) in [5, 5.41) is 0. The quantitative estimate of drug-likeness (QED) is 0.908. The molecule has 1 aliphatic heterocycles. The van der Waals surface area contributed by atoms with Crippen LogP contribution in [-0.2, 0) is 17.3 Å². The average Bonchev–Trinajstić information content (AvgIpc) is 2.61. The van der Waals surface area contributed by atoms with Crippen LogP contribution in [0.4, 0.5) is 13.2 Å². The number of aromatic amines is 1. The Morgan fingerprint density at radius 2 is 2.08 bits per heavy atom. The number of benzene rings is 1. The van der Waals surface area contributed by atoms with Crippen LogP contribution in [0, 0.1) is 0 Å². The number of halogens is 3. The Kier molecular flexibility index (Phi) is 5.13. The van der Waals surface area contributed by atoms with Crippen molar-refractivity contribution in [3.63, 3.8) is 0 Å². The van der Waals surface area contributed by atoms with Crippen molar-refractivity contribution in [2.45, 2.75) is 18.7 Å². The summed E-state index contributed by atoms with van der Waals surface area (Å²) in [6, 6.07) is 8.07. The third kappa shape index (κ3) is 4.13. The second-order valence-corrected chi connectivity index (χ2v) is 6.06. The molecule has 1 fully saturated rings. The number of carbonyl (C=O) groups excluding carboxylic acids is 1. The molecule has 1 amide bonds. The van der Waals surface area contributed by atoms with Gasteiger partial charge in [-0.1, -0.05) is 18.2 Å². The predicted molar refractivity (Wildman–Crippen MR) is 87.9 cm³/mol. The van der Waals surface area contributed by atoms with Crippen molar-refractivity contribution in [3.05, 3.63) is 69.6 Å². The zero-order chi connectivity index (χ0) is 18.7. The molecule has 26 heavy (non-hydrogen) atoms. The van der Waals surface area contributed by atoms with Crippen molar-refractivity contribution >= 4 is 5.91 Å². The number of morpholine rings is 1. The van der Waals surface area contributed by atoms with Gasteiger partial charge >= 0.3 is 6.18 Å². The highest BCUT2D eigenvalue weighted by Crippen LogP contribution is 2.30. The van der Waals surface area contributed by atoms with Crippen molar-refractivity contribution in [1.82, 2.24) is 9.88 Å². The predicted octanol–water partition coefficient (Wildman–Crippen LogP) is 2.48. The van der Waals surface area contributed by atoms with Crippen molar-refractivity contribution in [2.75, 3.05) is 19.7 Å². The highest BCUT2D eigenvalue weighted by atomic mass is 19.4. The van der Waals surface area contributed by atoms with Crippen LogP contribution < -0.4 is 5.56 Å². The highest BCUT2D eigenvalue weighted by Gasteiger charge is 2.31. The molecule has 0 saturated carbocycles. The van der Waals surface area contributed by atoms with E-state index in [0.717, 1.165) is 12.1 Å². The normalized spacial score (nSPS) is 18.0. The van der Waals surface area contributed by atoms with Crippen LogP contribution in [0.1, 0.15) is 21.5 Å². The van der Waals surface area contributed by atoms with Crippen LogP contribution >= 0.6 is 0 Å². The second kappa shape index (κ2) is 7.33. The minimum atomic E-state index is -4.40. The number of nitrogens with one attached hydrogen (secondary N) is 1. The lowest BCUT2D eigenvalue weighted by Crippen LogP contribution is -2.47. The van der Waals surface area contributed by atoms with Gasteiger partial charge in [0.05, 0.1) is 18.3 Å². The SMILES string of the molecule is O=C(c1ccc[nH]c1=O)N1CCO[C@H](Cc2cccc(C(F)(F)F)c2)C1. The Balaban J connectivity index is 1.70. The van der Waals surface area contributed by atoms with E-state index in [4.69, 9.17) is 4.74 Å². The van der Waals surface area contributed by atoms with Crippen molar-refractivity contribution in [1.29, 1.82) is 0 Å². The van der Waals surface area contributed by atoms with Gasteiger partial charge in [0.2, 0.25) is 0 Å². The summed E-state index contributed by atoms with van der Waals surface area (Å²) in [7, 11) is 0. The molecule has 2 heterocycles. The fraction of sp³-hybridized carbons (Fsp3) is 0.333. The summed E-state index contributed by atoms with van der Waals surface area (Å²) < 4.78 is 44.1. The third-order valence-corrected chi connectivity index (χ3v) is 4.19. The largest absolute Gasteiger partial charge is 0.416 e. The van der Waals surface area contributed by atoms with E-state index in [1.54, 1.807) is 12.1 Å². The van der Waals surface area contributed by atoms with Gasteiger partial charge in [-0.05, 0) is 23.8 Å². The number of pyridine rings is 1. The molecule has 0 radical (unpaired) electrons. The number of rotatable bonds is 3. The Bertz CT molecular complexity index is 848. The van der Waals surface area contributed by atoms with Crippen LogP contribution in [0.2, 0.25) is 0 Å². The molecule has 1 aromatic carbocycles. The van der Waals surface area contributed by atoms with E-state index < -0.39 is 29.3 Å². The maximum absolute atomic E-state index is 12.8. The zero-order valence-electron chi connectivity index (χ0n) is 13.8. The molecule has 2 aromatic rings. The minimum Gasteiger partial charge on any atom is -0.374 e. The smallest absolute Gasteiger partial charge is 0.374 e. The molecule has 1 atom stereocenters. The lowest BCUT2D eigenvalue weighted by Gasteiger charge is -2.33. The molecule has 0 unspecified atom stereocenters. The molecule has 0 spiro atoms. The van der Waals surface area contributed by atoms with E-state index in [-0.39, 0.29) is 25.1 Å². The average molecular weight is 366 g/mol. The third-order valence-electron chi connectivity index (χ3n) is 4.19. The van der Waals surface area contributed by atoms with Gasteiger partial charge in [0.1, 0.15) is 5.56 Å². The summed E-state index contributed by atoms with van der Waals surface area (Å²) in [4.78, 5) is 28.2. The molecule has 8 heteroatoms. The van der Waals surface area contributed by atoms with Crippen molar-refractivity contribution in [2.24, 2.45) is 0 Å². The van der Waals surface area contributed by atoms with Gasteiger partial charge < -0.3 is 14.6 Å². The molecule has 1 N–H and O–H groups in total. The maximum Gasteiger partial charge on any atom is 0.416 e. The number of aromatic nitrogens is 1. The first kappa shape index (κ1) is 18.2. The number of hydrogen-bond donors (Lipinski definition) is 1. The standard InChI is InChI=1S/C18H17F3N2O3/c19-18(20,21)13-4-1-3-12(9-13)10-14-11-23(7-8-26-14)17(25)15-5-2-6-22-16(15)24/h1-6,9,14H,7-8,10-11H2,(H,22,24)/t14-/m1/s1. The summed E-state index contributed by atoms with van der Waals surface area (Å²) >= 11 is 0. The summed E-state index contributed by atoms with van der Waals surface area (Å²) in [6.07, 6.45) is -3.15. The Labute approximate surface area is 147 Å². The van der Waals surface area contributed by atoms with Crippen molar-refractivity contribution < 1.29 is 22.7 Å². The number of nitrogens with zero attached hydrogens (tertiary/aromatic N) is 1. The van der Waals surface area contributed by atoms with Gasteiger partial charge in [-0.3, -0.25) is 9.59 Å². The Hall–Kier alpha value is -2.61. The van der Waals surface area contributed by atoms with Crippen molar-refractivity contribution in [3.8, 4) is 0 Å². The molecular formula is C18H17F3N2O3. The van der Waals surface area contributed by atoms with Gasteiger partial charge in [0, 0.05) is 25.7 Å². The van der Waals surface area contributed by atoms with E-state index in [1.165, 1.54) is 23.2 Å². The number of carbonyl (C=O) groups is 1. The molecule has 5 nitrogen and oxygen atoms in total. The van der Waals surface area contributed by atoms with Gasteiger partial charge in [-0.25, -0.2) is 0 Å².